The van der Waals surface area contributed by atoms with E-state index >= 15 is 0 Å². The number of furan rings is 2. The van der Waals surface area contributed by atoms with E-state index in [0.717, 1.165) is 66.5 Å². The fraction of sp³-hybridized carbons (Fsp3) is 0.0164. The molecule has 0 amide bonds. The quantitative estimate of drug-likeness (QED) is 0.173. The third-order valence-corrected chi connectivity index (χ3v) is 13.9. The van der Waals surface area contributed by atoms with Crippen LogP contribution in [0.3, 0.4) is 0 Å². The number of hydrogen-bond acceptors (Lipinski definition) is 3. The van der Waals surface area contributed by atoms with Gasteiger partial charge in [-0.1, -0.05) is 164 Å². The first-order chi connectivity index (χ1) is 31.7. The zero-order valence-electron chi connectivity index (χ0n) is 34.6. The zero-order chi connectivity index (χ0) is 41.9. The lowest BCUT2D eigenvalue weighted by Gasteiger charge is -2.31. The molecule has 12 aromatic rings. The van der Waals surface area contributed by atoms with E-state index in [4.69, 9.17) is 8.83 Å². The van der Waals surface area contributed by atoms with Crippen LogP contribution in [0.5, 0.6) is 0 Å². The molecule has 2 heterocycles. The summed E-state index contributed by atoms with van der Waals surface area (Å²) in [4.78, 5) is 2.42. The molecule has 2 aliphatic carbocycles. The van der Waals surface area contributed by atoms with Crippen molar-refractivity contribution in [2.24, 2.45) is 0 Å². The fourth-order valence-electron chi connectivity index (χ4n) is 11.2. The van der Waals surface area contributed by atoms with Crippen molar-refractivity contribution in [1.82, 2.24) is 0 Å². The van der Waals surface area contributed by atoms with Gasteiger partial charge in [0.25, 0.3) is 0 Å². The number of fused-ring (bicyclic) bond motifs is 16. The average molecular weight is 816 g/mol. The van der Waals surface area contributed by atoms with Gasteiger partial charge in [0.15, 0.2) is 0 Å². The van der Waals surface area contributed by atoms with Crippen molar-refractivity contribution in [3.8, 4) is 44.5 Å². The van der Waals surface area contributed by atoms with Crippen LogP contribution in [-0.2, 0) is 5.41 Å². The molecule has 0 radical (unpaired) electrons. The van der Waals surface area contributed by atoms with Gasteiger partial charge in [0.05, 0.1) is 11.1 Å². The molecule has 0 N–H and O–H groups in total. The summed E-state index contributed by atoms with van der Waals surface area (Å²) in [6.07, 6.45) is 0. The summed E-state index contributed by atoms with van der Waals surface area (Å²) in [5.74, 6) is 0. The third kappa shape index (κ3) is 4.86. The minimum Gasteiger partial charge on any atom is -0.456 e. The Morgan fingerprint density at radius 2 is 0.781 bits per heavy atom. The van der Waals surface area contributed by atoms with Gasteiger partial charge >= 0.3 is 0 Å². The molecule has 0 saturated heterocycles. The van der Waals surface area contributed by atoms with Gasteiger partial charge in [0, 0.05) is 44.5 Å². The number of hydrogen-bond donors (Lipinski definition) is 0. The fourth-order valence-corrected chi connectivity index (χ4v) is 11.2. The Hall–Kier alpha value is -8.40. The maximum Gasteiger partial charge on any atom is 0.137 e. The predicted octanol–water partition coefficient (Wildman–Crippen LogP) is 16.6. The number of rotatable bonds is 5. The molecule has 0 aliphatic heterocycles. The minimum absolute atomic E-state index is 0.455. The van der Waals surface area contributed by atoms with Crippen LogP contribution in [-0.4, -0.2) is 0 Å². The summed E-state index contributed by atoms with van der Waals surface area (Å²) >= 11 is 0. The smallest absolute Gasteiger partial charge is 0.137 e. The monoisotopic (exact) mass is 815 g/mol. The second kappa shape index (κ2) is 13.3. The van der Waals surface area contributed by atoms with Crippen molar-refractivity contribution in [1.29, 1.82) is 0 Å². The molecule has 1 spiro atoms. The van der Waals surface area contributed by atoms with E-state index in [0.29, 0.717) is 0 Å². The highest BCUT2D eigenvalue weighted by Gasteiger charge is 2.52. The van der Waals surface area contributed by atoms with E-state index in [1.165, 1.54) is 61.2 Å². The Bertz CT molecular complexity index is 3790. The van der Waals surface area contributed by atoms with Gasteiger partial charge in [0.1, 0.15) is 22.3 Å². The average Bonchev–Trinajstić information content (AvgIpc) is 4.08. The summed E-state index contributed by atoms with van der Waals surface area (Å²) < 4.78 is 13.4. The van der Waals surface area contributed by atoms with Crippen LogP contribution >= 0.6 is 0 Å². The Morgan fingerprint density at radius 3 is 1.47 bits per heavy atom. The van der Waals surface area contributed by atoms with E-state index in [1.807, 2.05) is 0 Å². The number of benzene rings is 10. The molecule has 2 aromatic heterocycles. The molecule has 3 heteroatoms. The van der Waals surface area contributed by atoms with Crippen molar-refractivity contribution in [2.45, 2.75) is 5.41 Å². The summed E-state index contributed by atoms with van der Waals surface area (Å²) in [5, 5.41) is 4.20. The SMILES string of the molecule is c1ccc(-c2ccc(N(c3ccc4c(c3)oc3cc5c(cc34)oc3ccc(-c4ccccc4)cc35)c3cccc4c3-c3ccccc3C43c4ccccc4-c4ccccc43)cc2)cc1. The molecule has 0 unspecified atom stereocenters. The van der Waals surface area contributed by atoms with Crippen LogP contribution in [0.25, 0.3) is 88.4 Å². The van der Waals surface area contributed by atoms with E-state index in [1.54, 1.807) is 0 Å². The van der Waals surface area contributed by atoms with E-state index in [-0.39, 0.29) is 0 Å². The normalized spacial score (nSPS) is 13.1. The van der Waals surface area contributed by atoms with E-state index < -0.39 is 5.41 Å². The molecule has 0 saturated carbocycles. The Morgan fingerprint density at radius 1 is 0.297 bits per heavy atom. The van der Waals surface area contributed by atoms with Crippen LogP contribution in [0, 0.1) is 0 Å². The summed E-state index contributed by atoms with van der Waals surface area (Å²) in [5.41, 5.74) is 21.2. The first-order valence-electron chi connectivity index (χ1n) is 22.0. The maximum absolute atomic E-state index is 6.87. The first kappa shape index (κ1) is 35.2. The van der Waals surface area contributed by atoms with Crippen molar-refractivity contribution >= 4 is 60.9 Å². The van der Waals surface area contributed by atoms with Gasteiger partial charge in [-0.3, -0.25) is 0 Å². The molecule has 0 bridgehead atoms. The maximum atomic E-state index is 6.87. The number of nitrogens with zero attached hydrogens (tertiary/aromatic N) is 1. The second-order valence-electron chi connectivity index (χ2n) is 17.1. The van der Waals surface area contributed by atoms with Gasteiger partial charge in [-0.15, -0.1) is 0 Å². The highest BCUT2D eigenvalue weighted by Crippen LogP contribution is 2.64. The molecule has 0 atom stereocenters. The summed E-state index contributed by atoms with van der Waals surface area (Å²) in [7, 11) is 0. The second-order valence-corrected chi connectivity index (χ2v) is 17.1. The molecule has 298 valence electrons. The third-order valence-electron chi connectivity index (χ3n) is 13.9. The van der Waals surface area contributed by atoms with Crippen molar-refractivity contribution < 1.29 is 8.83 Å². The summed E-state index contributed by atoms with van der Waals surface area (Å²) in [6.45, 7) is 0. The van der Waals surface area contributed by atoms with Gasteiger partial charge in [-0.2, -0.15) is 0 Å². The van der Waals surface area contributed by atoms with E-state index in [9.17, 15) is 0 Å². The lowest BCUT2D eigenvalue weighted by atomic mass is 9.70. The standard InChI is InChI=1S/C61H37NO2/c1-3-14-38(15-4-1)40-26-29-42(30-27-40)62(55-25-13-24-54-60(55)47-20-9-12-23-53(47)61(54)51-21-10-7-18-44(51)45-19-8-11-22-52(45)61)43-31-32-46-49-36-59-50(37-58(49)64-57(46)35-43)48-34-41(28-33-56(48)63-59)39-16-5-2-6-17-39/h1-37H. The molecule has 64 heavy (non-hydrogen) atoms. The van der Waals surface area contributed by atoms with Crippen molar-refractivity contribution in [3.05, 3.63) is 247 Å². The minimum atomic E-state index is -0.455. The lowest BCUT2D eigenvalue weighted by molar-refractivity contribution is 0.664. The molecule has 2 aliphatic rings. The van der Waals surface area contributed by atoms with Crippen molar-refractivity contribution in [3.63, 3.8) is 0 Å². The van der Waals surface area contributed by atoms with Crippen LogP contribution in [0.2, 0.25) is 0 Å². The Labute approximate surface area is 369 Å². The Kier molecular flexibility index (Phi) is 7.32. The van der Waals surface area contributed by atoms with Gasteiger partial charge in [0.2, 0.25) is 0 Å². The van der Waals surface area contributed by atoms with Crippen LogP contribution in [0.4, 0.5) is 17.1 Å². The molecular weight excluding hydrogens is 779 g/mol. The number of anilines is 3. The molecular formula is C61H37NO2. The Balaban J connectivity index is 0.981. The highest BCUT2D eigenvalue weighted by molar-refractivity contribution is 6.16. The van der Waals surface area contributed by atoms with Gasteiger partial charge in [-0.05, 0) is 116 Å². The van der Waals surface area contributed by atoms with Gasteiger partial charge in [-0.25, -0.2) is 0 Å². The predicted molar refractivity (Wildman–Crippen MR) is 263 cm³/mol. The largest absolute Gasteiger partial charge is 0.456 e. The highest BCUT2D eigenvalue weighted by atomic mass is 16.3. The first-order valence-corrected chi connectivity index (χ1v) is 22.0. The zero-order valence-corrected chi connectivity index (χ0v) is 34.6. The molecule has 14 rings (SSSR count). The molecule has 3 nitrogen and oxygen atoms in total. The molecule has 10 aromatic carbocycles. The van der Waals surface area contributed by atoms with Gasteiger partial charge < -0.3 is 13.7 Å². The van der Waals surface area contributed by atoms with Crippen LogP contribution in [0.15, 0.2) is 233 Å². The van der Waals surface area contributed by atoms with Crippen molar-refractivity contribution in [2.75, 3.05) is 4.90 Å². The topological polar surface area (TPSA) is 29.5 Å². The van der Waals surface area contributed by atoms with Crippen LogP contribution < -0.4 is 4.90 Å². The lowest BCUT2D eigenvalue weighted by Crippen LogP contribution is -2.26. The molecule has 0 fully saturated rings. The summed E-state index contributed by atoms with van der Waals surface area (Å²) in [6, 6.07) is 81.4. The van der Waals surface area contributed by atoms with E-state index in [2.05, 4.69) is 229 Å². The van der Waals surface area contributed by atoms with Crippen LogP contribution in [0.1, 0.15) is 22.3 Å².